The third-order valence-corrected chi connectivity index (χ3v) is 9.84. The first-order valence-corrected chi connectivity index (χ1v) is 17.2. The Morgan fingerprint density at radius 1 is 0.676 bits per heavy atom. The van der Waals surface area contributed by atoms with Crippen LogP contribution in [-0.4, -0.2) is 29.3 Å². The second-order valence-corrected chi connectivity index (χ2v) is 13.1. The topological polar surface area (TPSA) is 29.5 Å². The summed E-state index contributed by atoms with van der Waals surface area (Å²) in [5.74, 6) is 3.34. The molecule has 34 heavy (non-hydrogen) atoms. The Balaban J connectivity index is 1.93. The molecule has 1 rings (SSSR count). The predicted molar refractivity (Wildman–Crippen MR) is 155 cm³/mol. The highest BCUT2D eigenvalue weighted by Gasteiger charge is 2.23. The van der Waals surface area contributed by atoms with Crippen molar-refractivity contribution in [3.63, 3.8) is 0 Å². The molecule has 1 N–H and O–H groups in total. The summed E-state index contributed by atoms with van der Waals surface area (Å²) < 4.78 is 6.43. The molecule has 0 aromatic carbocycles. The molecule has 1 aliphatic carbocycles. The smallest absolute Gasteiger partial charge is 0.147 e. The van der Waals surface area contributed by atoms with Crippen LogP contribution in [0, 0.1) is 5.92 Å². The highest BCUT2D eigenvalue weighted by atomic mass is 32.2. The zero-order chi connectivity index (χ0) is 24.5. The quantitative estimate of drug-likeness (QED) is 0.1000. The van der Waals surface area contributed by atoms with Crippen LogP contribution in [0.3, 0.4) is 0 Å². The average molecular weight is 500 g/mol. The standard InChI is InChI=1S/C31H63O2S/c1-3-4-5-6-13-17-23-30(2)33-34(29-22-27-32)28-21-15-12-10-8-7-9-11-14-18-24-31-25-19-16-20-26-31/h30-32H,3-29H2,1-2H3/q+1. The molecule has 0 heterocycles. The van der Waals surface area contributed by atoms with Crippen molar-refractivity contribution in [3.05, 3.63) is 0 Å². The van der Waals surface area contributed by atoms with Gasteiger partial charge in [0.15, 0.2) is 0 Å². The Morgan fingerprint density at radius 3 is 1.82 bits per heavy atom. The summed E-state index contributed by atoms with van der Waals surface area (Å²) in [7, 11) is 0. The van der Waals surface area contributed by atoms with E-state index in [1.807, 2.05) is 0 Å². The number of aliphatic hydroxyl groups excluding tert-OH is 1. The van der Waals surface area contributed by atoms with E-state index in [-0.39, 0.29) is 11.2 Å². The van der Waals surface area contributed by atoms with Gasteiger partial charge in [0.2, 0.25) is 0 Å². The van der Waals surface area contributed by atoms with Gasteiger partial charge in [-0.15, -0.1) is 0 Å². The molecule has 2 unspecified atom stereocenters. The van der Waals surface area contributed by atoms with Gasteiger partial charge in [0, 0.05) is 13.0 Å². The van der Waals surface area contributed by atoms with Gasteiger partial charge < -0.3 is 5.11 Å². The lowest BCUT2D eigenvalue weighted by molar-refractivity contribution is 0.234. The lowest BCUT2D eigenvalue weighted by Gasteiger charge is -2.21. The SMILES string of the molecule is CCCCCCCCC(C)O[S+](CCCO)CCCCCCCCCCCCC1CCCCC1. The third kappa shape index (κ3) is 20.5. The van der Waals surface area contributed by atoms with E-state index in [1.54, 1.807) is 0 Å². The van der Waals surface area contributed by atoms with E-state index in [0.717, 1.165) is 18.1 Å². The van der Waals surface area contributed by atoms with E-state index < -0.39 is 0 Å². The van der Waals surface area contributed by atoms with Crippen LogP contribution in [0.5, 0.6) is 0 Å². The zero-order valence-corrected chi connectivity index (χ0v) is 24.3. The van der Waals surface area contributed by atoms with Gasteiger partial charge in [-0.3, -0.25) is 0 Å². The molecule has 204 valence electrons. The maximum absolute atomic E-state index is 9.26. The predicted octanol–water partition coefficient (Wildman–Crippen LogP) is 9.93. The van der Waals surface area contributed by atoms with Gasteiger partial charge >= 0.3 is 0 Å². The van der Waals surface area contributed by atoms with E-state index in [9.17, 15) is 5.11 Å². The number of aliphatic hydroxyl groups is 1. The number of hydrogen-bond acceptors (Lipinski definition) is 2. The van der Waals surface area contributed by atoms with Crippen LogP contribution in [0.15, 0.2) is 0 Å². The van der Waals surface area contributed by atoms with Gasteiger partial charge in [0.25, 0.3) is 0 Å². The summed E-state index contributed by atoms with van der Waals surface area (Å²) in [6.07, 6.45) is 33.9. The molecule has 0 radical (unpaired) electrons. The Kier molecular flexibility index (Phi) is 23.7. The van der Waals surface area contributed by atoms with Crippen molar-refractivity contribution >= 4 is 11.2 Å². The fourth-order valence-electron chi connectivity index (χ4n) is 5.50. The Labute approximate surface area is 218 Å². The van der Waals surface area contributed by atoms with Crippen molar-refractivity contribution < 1.29 is 9.29 Å². The maximum Gasteiger partial charge on any atom is 0.147 e. The number of unbranched alkanes of at least 4 members (excludes halogenated alkanes) is 14. The van der Waals surface area contributed by atoms with Crippen LogP contribution >= 0.6 is 0 Å². The largest absolute Gasteiger partial charge is 0.396 e. The molecular formula is C31H63O2S+. The van der Waals surface area contributed by atoms with E-state index in [1.165, 1.54) is 153 Å². The highest BCUT2D eigenvalue weighted by molar-refractivity contribution is 7.92. The second kappa shape index (κ2) is 24.9. The van der Waals surface area contributed by atoms with Crippen LogP contribution in [0.25, 0.3) is 0 Å². The highest BCUT2D eigenvalue weighted by Crippen LogP contribution is 2.28. The van der Waals surface area contributed by atoms with Crippen LogP contribution in [0.4, 0.5) is 0 Å². The Morgan fingerprint density at radius 2 is 1.21 bits per heavy atom. The number of hydrogen-bond donors (Lipinski definition) is 1. The fraction of sp³-hybridized carbons (Fsp3) is 1.00. The molecule has 1 saturated carbocycles. The first-order valence-electron chi connectivity index (χ1n) is 15.7. The summed E-state index contributed by atoms with van der Waals surface area (Å²) in [4.78, 5) is 0. The van der Waals surface area contributed by atoms with Crippen molar-refractivity contribution in [1.82, 2.24) is 0 Å². The minimum atomic E-state index is 0.0595. The van der Waals surface area contributed by atoms with E-state index in [4.69, 9.17) is 4.18 Å². The second-order valence-electron chi connectivity index (χ2n) is 11.2. The first kappa shape index (κ1) is 32.3. The Hall–Kier alpha value is 0.270. The molecule has 0 aromatic rings. The van der Waals surface area contributed by atoms with Crippen LogP contribution in [0.1, 0.15) is 168 Å². The summed E-state index contributed by atoms with van der Waals surface area (Å²) >= 11 is 0.0595. The molecule has 0 bridgehead atoms. The van der Waals surface area contributed by atoms with E-state index >= 15 is 0 Å². The van der Waals surface area contributed by atoms with Gasteiger partial charge in [-0.05, 0) is 32.1 Å². The molecule has 0 aliphatic heterocycles. The van der Waals surface area contributed by atoms with Gasteiger partial charge in [0.1, 0.15) is 28.8 Å². The van der Waals surface area contributed by atoms with Gasteiger partial charge in [-0.2, -0.15) is 4.18 Å². The summed E-state index contributed by atoms with van der Waals surface area (Å²) in [5.41, 5.74) is 0. The molecule has 0 saturated heterocycles. The van der Waals surface area contributed by atoms with Crippen molar-refractivity contribution in [2.24, 2.45) is 5.92 Å². The molecule has 1 fully saturated rings. The van der Waals surface area contributed by atoms with Crippen molar-refractivity contribution in [3.8, 4) is 0 Å². The molecule has 1 aliphatic rings. The van der Waals surface area contributed by atoms with Gasteiger partial charge in [-0.1, -0.05) is 135 Å². The van der Waals surface area contributed by atoms with Crippen LogP contribution < -0.4 is 0 Å². The van der Waals surface area contributed by atoms with Gasteiger partial charge in [-0.25, -0.2) is 0 Å². The lowest BCUT2D eigenvalue weighted by atomic mass is 9.85. The molecular weight excluding hydrogens is 436 g/mol. The molecule has 0 aromatic heterocycles. The van der Waals surface area contributed by atoms with E-state index in [2.05, 4.69) is 13.8 Å². The normalized spacial score (nSPS) is 16.7. The van der Waals surface area contributed by atoms with Crippen molar-refractivity contribution in [2.75, 3.05) is 18.1 Å². The molecule has 0 spiro atoms. The first-order chi connectivity index (χ1) is 16.8. The summed E-state index contributed by atoms with van der Waals surface area (Å²) in [6, 6.07) is 0. The zero-order valence-electron chi connectivity index (χ0n) is 23.5. The minimum Gasteiger partial charge on any atom is -0.396 e. The van der Waals surface area contributed by atoms with Gasteiger partial charge in [0.05, 0.1) is 0 Å². The summed E-state index contributed by atoms with van der Waals surface area (Å²) in [5, 5.41) is 9.26. The van der Waals surface area contributed by atoms with Crippen LogP contribution in [-0.2, 0) is 15.4 Å². The van der Waals surface area contributed by atoms with Crippen LogP contribution in [0.2, 0.25) is 0 Å². The third-order valence-electron chi connectivity index (χ3n) is 7.75. The molecule has 0 amide bonds. The average Bonchev–Trinajstić information content (AvgIpc) is 2.85. The maximum atomic E-state index is 9.26. The number of rotatable bonds is 25. The Bertz CT molecular complexity index is 397. The molecule has 2 nitrogen and oxygen atoms in total. The minimum absolute atomic E-state index is 0.0595. The molecule has 3 heteroatoms. The summed E-state index contributed by atoms with van der Waals surface area (Å²) in [6.45, 7) is 4.85. The van der Waals surface area contributed by atoms with E-state index in [0.29, 0.717) is 12.7 Å². The van der Waals surface area contributed by atoms with Crippen molar-refractivity contribution in [1.29, 1.82) is 0 Å². The molecule has 2 atom stereocenters. The van der Waals surface area contributed by atoms with Crippen molar-refractivity contribution in [2.45, 2.75) is 174 Å². The lowest BCUT2D eigenvalue weighted by Crippen LogP contribution is -2.22. The fourth-order valence-corrected chi connectivity index (χ4v) is 7.44. The monoisotopic (exact) mass is 499 g/mol.